The zero-order valence-corrected chi connectivity index (χ0v) is 19.8. The number of carbonyl (C=O) groups excluding carboxylic acids is 2. The summed E-state index contributed by atoms with van der Waals surface area (Å²) in [7, 11) is 0. The molecule has 3 aliphatic carbocycles. The standard InChI is InChI=1S/C24H26ClF3N4O3/c25-20-17-9-14(13-1-2-13)10-18(24(26,27)28)32(17)29-21(20)22(35)30-11-19(34)31(23(12-30)7-8-23)15-3-5-16(33)6-4-15/h9-10,13,15-16,33H,1-8,11-12H2. The molecule has 1 N–H and O–H groups in total. The third kappa shape index (κ3) is 3.89. The van der Waals surface area contributed by atoms with E-state index in [9.17, 15) is 27.9 Å². The van der Waals surface area contributed by atoms with Crippen LogP contribution in [0.15, 0.2) is 12.1 Å². The SMILES string of the molecule is O=C(c1nn2c(C(F)(F)F)cc(C3CC3)cc2c1Cl)N1CC(=O)N(C2CCC(O)CC2)C2(CC2)C1. The van der Waals surface area contributed by atoms with Crippen molar-refractivity contribution in [2.45, 2.75) is 81.1 Å². The van der Waals surface area contributed by atoms with E-state index in [1.807, 2.05) is 4.90 Å². The Labute approximate surface area is 204 Å². The summed E-state index contributed by atoms with van der Waals surface area (Å²) in [5.41, 5.74) is -1.07. The lowest BCUT2D eigenvalue weighted by molar-refractivity contribution is -0.145. The minimum absolute atomic E-state index is 0.0413. The van der Waals surface area contributed by atoms with E-state index in [0.29, 0.717) is 29.5 Å². The molecule has 2 amide bonds. The third-order valence-corrected chi connectivity index (χ3v) is 8.35. The van der Waals surface area contributed by atoms with Crippen LogP contribution in [0.25, 0.3) is 5.52 Å². The number of amides is 2. The summed E-state index contributed by atoms with van der Waals surface area (Å²) in [4.78, 5) is 30.0. The maximum absolute atomic E-state index is 13.8. The van der Waals surface area contributed by atoms with E-state index in [1.54, 1.807) is 6.07 Å². The van der Waals surface area contributed by atoms with E-state index >= 15 is 0 Å². The molecule has 3 saturated carbocycles. The molecule has 7 nitrogen and oxygen atoms in total. The highest BCUT2D eigenvalue weighted by Gasteiger charge is 2.57. The van der Waals surface area contributed by atoms with Crippen molar-refractivity contribution in [1.82, 2.24) is 19.4 Å². The molecule has 188 valence electrons. The molecule has 2 aromatic rings. The maximum Gasteiger partial charge on any atom is 0.433 e. The van der Waals surface area contributed by atoms with Crippen molar-refractivity contribution in [3.63, 3.8) is 0 Å². The summed E-state index contributed by atoms with van der Waals surface area (Å²) < 4.78 is 42.2. The van der Waals surface area contributed by atoms with Crippen LogP contribution >= 0.6 is 11.6 Å². The van der Waals surface area contributed by atoms with Gasteiger partial charge in [-0.25, -0.2) is 4.52 Å². The van der Waals surface area contributed by atoms with Crippen molar-refractivity contribution in [1.29, 1.82) is 0 Å². The first kappa shape index (κ1) is 23.1. The molecular weight excluding hydrogens is 485 g/mol. The van der Waals surface area contributed by atoms with E-state index in [2.05, 4.69) is 5.10 Å². The van der Waals surface area contributed by atoms with Crippen LogP contribution < -0.4 is 0 Å². The molecule has 1 spiro atoms. The van der Waals surface area contributed by atoms with Crippen molar-refractivity contribution < 1.29 is 27.9 Å². The molecule has 0 aromatic carbocycles. The third-order valence-electron chi connectivity index (χ3n) is 7.97. The molecule has 2 aromatic heterocycles. The predicted molar refractivity (Wildman–Crippen MR) is 120 cm³/mol. The average Bonchev–Trinajstić information content (AvgIpc) is 3.73. The summed E-state index contributed by atoms with van der Waals surface area (Å²) in [5, 5.41) is 13.7. The number of alkyl halides is 3. The molecule has 0 bridgehead atoms. The normalized spacial score (nSPS) is 26.6. The number of halogens is 4. The lowest BCUT2D eigenvalue weighted by Gasteiger charge is -2.47. The van der Waals surface area contributed by atoms with Gasteiger partial charge in [0.1, 0.15) is 12.2 Å². The Balaban J connectivity index is 1.31. The van der Waals surface area contributed by atoms with Crippen LogP contribution in [-0.2, 0) is 11.0 Å². The Hall–Kier alpha value is -2.33. The summed E-state index contributed by atoms with van der Waals surface area (Å²) in [6, 6.07) is 2.71. The Morgan fingerprint density at radius 2 is 1.80 bits per heavy atom. The molecule has 11 heteroatoms. The van der Waals surface area contributed by atoms with Gasteiger partial charge < -0.3 is 14.9 Å². The summed E-state index contributed by atoms with van der Waals surface area (Å²) >= 11 is 6.46. The molecule has 0 radical (unpaired) electrons. The second kappa shape index (κ2) is 7.83. The first-order chi connectivity index (χ1) is 16.6. The monoisotopic (exact) mass is 510 g/mol. The van der Waals surface area contributed by atoms with Crippen molar-refractivity contribution >= 4 is 28.9 Å². The van der Waals surface area contributed by atoms with Crippen LogP contribution in [0.2, 0.25) is 5.02 Å². The summed E-state index contributed by atoms with van der Waals surface area (Å²) in [6.45, 7) is 0.142. The average molecular weight is 511 g/mol. The second-order valence-corrected chi connectivity index (χ2v) is 10.9. The summed E-state index contributed by atoms with van der Waals surface area (Å²) in [5.74, 6) is -0.735. The highest BCUT2D eigenvalue weighted by atomic mass is 35.5. The van der Waals surface area contributed by atoms with Gasteiger partial charge >= 0.3 is 6.18 Å². The molecule has 6 rings (SSSR count). The fraction of sp³-hybridized carbons (Fsp3) is 0.625. The number of nitrogens with zero attached hydrogens (tertiary/aromatic N) is 4. The predicted octanol–water partition coefficient (Wildman–Crippen LogP) is 4.00. The molecule has 0 unspecified atom stereocenters. The summed E-state index contributed by atoms with van der Waals surface area (Å²) in [6.07, 6.45) is 0.925. The van der Waals surface area contributed by atoms with Gasteiger partial charge in [-0.2, -0.15) is 18.3 Å². The largest absolute Gasteiger partial charge is 0.433 e. The Kier molecular flexibility index (Phi) is 5.17. The van der Waals surface area contributed by atoms with E-state index in [4.69, 9.17) is 11.6 Å². The number of pyridine rings is 1. The fourth-order valence-corrected chi connectivity index (χ4v) is 6.12. The van der Waals surface area contributed by atoms with Gasteiger partial charge in [0.15, 0.2) is 5.69 Å². The number of piperazine rings is 1. The van der Waals surface area contributed by atoms with Gasteiger partial charge in [0.2, 0.25) is 5.91 Å². The topological polar surface area (TPSA) is 78.2 Å². The molecule has 35 heavy (non-hydrogen) atoms. The molecule has 3 heterocycles. The van der Waals surface area contributed by atoms with Crippen molar-refractivity contribution in [2.24, 2.45) is 0 Å². The van der Waals surface area contributed by atoms with Crippen molar-refractivity contribution in [3.05, 3.63) is 34.1 Å². The highest BCUT2D eigenvalue weighted by molar-refractivity contribution is 6.36. The zero-order valence-electron chi connectivity index (χ0n) is 19.0. The Morgan fingerprint density at radius 1 is 1.11 bits per heavy atom. The molecule has 0 atom stereocenters. The number of aliphatic hydroxyl groups excluding tert-OH is 1. The first-order valence-electron chi connectivity index (χ1n) is 12.2. The van der Waals surface area contributed by atoms with Gasteiger partial charge in [0.25, 0.3) is 5.91 Å². The number of fused-ring (bicyclic) bond motifs is 1. The van der Waals surface area contributed by atoms with Crippen LogP contribution in [-0.4, -0.2) is 67.1 Å². The minimum Gasteiger partial charge on any atom is -0.393 e. The fourth-order valence-electron chi connectivity index (χ4n) is 5.87. The number of hydrogen-bond donors (Lipinski definition) is 1. The van der Waals surface area contributed by atoms with Gasteiger partial charge in [0, 0.05) is 12.6 Å². The lowest BCUT2D eigenvalue weighted by atomic mass is 9.89. The Morgan fingerprint density at radius 3 is 2.40 bits per heavy atom. The molecule has 1 aliphatic heterocycles. The van der Waals surface area contributed by atoms with Gasteiger partial charge in [-0.1, -0.05) is 11.6 Å². The Bertz CT molecular complexity index is 1210. The molecule has 1 saturated heterocycles. The van der Waals surface area contributed by atoms with Crippen LogP contribution in [0, 0.1) is 0 Å². The number of rotatable bonds is 3. The van der Waals surface area contributed by atoms with Gasteiger partial charge in [0.05, 0.1) is 22.2 Å². The molecule has 4 aliphatic rings. The lowest BCUT2D eigenvalue weighted by Crippen LogP contribution is -2.62. The molecular formula is C24H26ClF3N4O3. The maximum atomic E-state index is 13.8. The van der Waals surface area contributed by atoms with Crippen LogP contribution in [0.5, 0.6) is 0 Å². The van der Waals surface area contributed by atoms with Gasteiger partial charge in [-0.15, -0.1) is 0 Å². The van der Waals surface area contributed by atoms with Crippen molar-refractivity contribution in [2.75, 3.05) is 13.1 Å². The highest BCUT2D eigenvalue weighted by Crippen LogP contribution is 2.48. The number of hydrogen-bond acceptors (Lipinski definition) is 4. The minimum atomic E-state index is -4.66. The van der Waals surface area contributed by atoms with Crippen molar-refractivity contribution in [3.8, 4) is 0 Å². The van der Waals surface area contributed by atoms with E-state index in [-0.39, 0.29) is 46.7 Å². The molecule has 4 fully saturated rings. The first-order valence-corrected chi connectivity index (χ1v) is 12.5. The smallest absolute Gasteiger partial charge is 0.393 e. The quantitative estimate of drug-likeness (QED) is 0.677. The zero-order chi connectivity index (χ0) is 24.7. The van der Waals surface area contributed by atoms with Crippen LogP contribution in [0.1, 0.15) is 79.0 Å². The number of aliphatic hydroxyl groups is 1. The van der Waals surface area contributed by atoms with Crippen LogP contribution in [0.3, 0.4) is 0 Å². The van der Waals surface area contributed by atoms with Gasteiger partial charge in [-0.3, -0.25) is 9.59 Å². The second-order valence-electron chi connectivity index (χ2n) is 10.5. The van der Waals surface area contributed by atoms with E-state index < -0.39 is 23.3 Å². The van der Waals surface area contributed by atoms with Crippen LogP contribution in [0.4, 0.5) is 13.2 Å². The van der Waals surface area contributed by atoms with Gasteiger partial charge in [-0.05, 0) is 75.0 Å². The number of aromatic nitrogens is 2. The van der Waals surface area contributed by atoms with E-state index in [1.165, 1.54) is 4.90 Å². The number of carbonyl (C=O) groups is 2. The van der Waals surface area contributed by atoms with E-state index in [0.717, 1.165) is 44.6 Å².